The molecule has 0 fully saturated rings. The Bertz CT molecular complexity index is 731. The number of nitro groups is 1. The molecule has 11 heteroatoms. The van der Waals surface area contributed by atoms with Gasteiger partial charge in [0.2, 0.25) is 0 Å². The quantitative estimate of drug-likeness (QED) is 0.274. The number of thioether (sulfide) groups is 2. The van der Waals surface area contributed by atoms with E-state index < -0.39 is 4.92 Å². The summed E-state index contributed by atoms with van der Waals surface area (Å²) in [6, 6.07) is 5.62. The topological polar surface area (TPSA) is 93.0 Å². The summed E-state index contributed by atoms with van der Waals surface area (Å²) >= 11 is 10.9. The highest BCUT2D eigenvalue weighted by Crippen LogP contribution is 2.18. The zero-order valence-electron chi connectivity index (χ0n) is 14.5. The Kier molecular flexibility index (Phi) is 10.4. The second kappa shape index (κ2) is 12.8. The highest BCUT2D eigenvalue weighted by atomic mass is 35.5. The van der Waals surface area contributed by atoms with Crippen molar-refractivity contribution in [3.8, 4) is 0 Å². The van der Waals surface area contributed by atoms with Crippen LogP contribution in [0, 0.1) is 10.1 Å². The predicted octanol–water partition coefficient (Wildman–Crippen LogP) is 3.61. The van der Waals surface area contributed by atoms with Gasteiger partial charge in [-0.05, 0) is 29.7 Å². The lowest BCUT2D eigenvalue weighted by molar-refractivity contribution is -0.404. The third-order valence-electron chi connectivity index (χ3n) is 3.17. The van der Waals surface area contributed by atoms with Gasteiger partial charge in [0.15, 0.2) is 5.82 Å². The molecule has 2 heterocycles. The lowest BCUT2D eigenvalue weighted by Gasteiger charge is -2.11. The second-order valence-electron chi connectivity index (χ2n) is 5.21. The average molecular weight is 446 g/mol. The van der Waals surface area contributed by atoms with Crippen molar-refractivity contribution in [3.05, 3.63) is 68.3 Å². The molecule has 0 aromatic carbocycles. The Morgan fingerprint density at radius 3 is 2.63 bits per heavy atom. The van der Waals surface area contributed by atoms with Crippen molar-refractivity contribution < 1.29 is 4.92 Å². The van der Waals surface area contributed by atoms with Gasteiger partial charge in [-0.2, -0.15) is 27.9 Å². The van der Waals surface area contributed by atoms with Gasteiger partial charge in [0.25, 0.3) is 6.20 Å². The summed E-state index contributed by atoms with van der Waals surface area (Å²) < 4.78 is 4.25. The van der Waals surface area contributed by atoms with Crippen LogP contribution in [0.3, 0.4) is 0 Å². The highest BCUT2D eigenvalue weighted by Gasteiger charge is 2.04. The fourth-order valence-corrected chi connectivity index (χ4v) is 4.42. The number of pyridine rings is 1. The van der Waals surface area contributed by atoms with E-state index in [-0.39, 0.29) is 0 Å². The van der Waals surface area contributed by atoms with Crippen LogP contribution in [0.5, 0.6) is 0 Å². The number of aromatic nitrogens is 2. The summed E-state index contributed by atoms with van der Waals surface area (Å²) in [4.78, 5) is 14.5. The number of hydrogen-bond donors (Lipinski definition) is 2. The van der Waals surface area contributed by atoms with Crippen molar-refractivity contribution in [2.75, 3.05) is 24.6 Å². The molecule has 0 saturated carbocycles. The minimum absolute atomic E-state index is 0.422. The zero-order valence-corrected chi connectivity index (χ0v) is 17.7. The van der Waals surface area contributed by atoms with Crippen LogP contribution >= 0.6 is 46.7 Å². The van der Waals surface area contributed by atoms with Crippen LogP contribution in [0.25, 0.3) is 0 Å². The highest BCUT2D eigenvalue weighted by molar-refractivity contribution is 7.98. The number of nitrogens with one attached hydrogen (secondary N) is 2. The molecule has 0 radical (unpaired) electrons. The molecule has 0 atom stereocenters. The van der Waals surface area contributed by atoms with E-state index >= 15 is 0 Å². The van der Waals surface area contributed by atoms with E-state index in [4.69, 9.17) is 11.6 Å². The van der Waals surface area contributed by atoms with Gasteiger partial charge in [-0.25, -0.2) is 0 Å². The van der Waals surface area contributed by atoms with Crippen LogP contribution in [0.2, 0.25) is 5.02 Å². The van der Waals surface area contributed by atoms with E-state index in [2.05, 4.69) is 20.0 Å². The molecule has 0 aliphatic heterocycles. The summed E-state index contributed by atoms with van der Waals surface area (Å²) in [7, 11) is 0. The fourth-order valence-electron chi connectivity index (χ4n) is 1.96. The fraction of sp³-hybridized carbons (Fsp3) is 0.375. The smallest absolute Gasteiger partial charge is 0.274 e. The molecular weight excluding hydrogens is 426 g/mol. The maximum atomic E-state index is 10.8. The summed E-state index contributed by atoms with van der Waals surface area (Å²) in [6.07, 6.45) is 2.68. The third kappa shape index (κ3) is 9.32. The molecule has 146 valence electrons. The van der Waals surface area contributed by atoms with Crippen molar-refractivity contribution in [2.45, 2.75) is 11.5 Å². The maximum absolute atomic E-state index is 10.8. The molecule has 7 nitrogen and oxygen atoms in total. The van der Waals surface area contributed by atoms with Crippen LogP contribution in [0.15, 0.2) is 41.8 Å². The van der Waals surface area contributed by atoms with E-state index in [0.717, 1.165) is 34.8 Å². The predicted molar refractivity (Wildman–Crippen MR) is 115 cm³/mol. The summed E-state index contributed by atoms with van der Waals surface area (Å²) in [5.41, 5.74) is 1.91. The van der Waals surface area contributed by atoms with E-state index in [1.807, 2.05) is 17.5 Å². The van der Waals surface area contributed by atoms with E-state index in [1.54, 1.807) is 35.8 Å². The Balaban J connectivity index is 1.62. The molecule has 27 heavy (non-hydrogen) atoms. The Morgan fingerprint density at radius 1 is 1.26 bits per heavy atom. The minimum atomic E-state index is -0.460. The largest absolute Gasteiger partial charge is 0.366 e. The Morgan fingerprint density at radius 2 is 2.00 bits per heavy atom. The first kappa shape index (κ1) is 21.8. The third-order valence-corrected chi connectivity index (χ3v) is 6.08. The normalized spacial score (nSPS) is 11.4. The van der Waals surface area contributed by atoms with Gasteiger partial charge in [-0.15, -0.1) is 0 Å². The number of rotatable bonds is 13. The van der Waals surface area contributed by atoms with E-state index in [9.17, 15) is 10.1 Å². The lowest BCUT2D eigenvalue weighted by atomic mass is 10.4. The van der Waals surface area contributed by atoms with Crippen molar-refractivity contribution in [2.24, 2.45) is 0 Å². The molecule has 2 aromatic rings. The molecule has 2 rings (SSSR count). The van der Waals surface area contributed by atoms with Crippen LogP contribution in [-0.4, -0.2) is 38.9 Å². The summed E-state index contributed by atoms with van der Waals surface area (Å²) in [5.74, 6) is 3.59. The van der Waals surface area contributed by atoms with Crippen molar-refractivity contribution in [3.63, 3.8) is 0 Å². The van der Waals surface area contributed by atoms with Gasteiger partial charge in [0, 0.05) is 47.7 Å². The van der Waals surface area contributed by atoms with E-state index in [1.165, 1.54) is 11.5 Å². The van der Waals surface area contributed by atoms with Crippen molar-refractivity contribution in [1.29, 1.82) is 0 Å². The molecule has 0 aliphatic carbocycles. The molecular formula is C16H20ClN5O2S3. The average Bonchev–Trinajstić information content (AvgIpc) is 3.15. The van der Waals surface area contributed by atoms with Crippen LogP contribution in [-0.2, 0) is 11.5 Å². The first-order valence-corrected chi connectivity index (χ1v) is 11.6. The van der Waals surface area contributed by atoms with Crippen molar-refractivity contribution >= 4 is 46.7 Å². The van der Waals surface area contributed by atoms with Crippen LogP contribution in [0.4, 0.5) is 0 Å². The lowest BCUT2D eigenvalue weighted by Crippen LogP contribution is -2.30. The van der Waals surface area contributed by atoms with Gasteiger partial charge in [-0.3, -0.25) is 15.1 Å². The SMILES string of the molecule is O=[N+]([O-])/C=C(\NCCSCc1ccsn1)NCCSCc1ncccc1Cl. The Hall–Kier alpha value is -1.49. The van der Waals surface area contributed by atoms with Gasteiger partial charge >= 0.3 is 0 Å². The molecule has 0 bridgehead atoms. The van der Waals surface area contributed by atoms with Gasteiger partial charge in [0.1, 0.15) is 0 Å². The summed E-state index contributed by atoms with van der Waals surface area (Å²) in [5, 5.41) is 19.5. The van der Waals surface area contributed by atoms with Crippen LogP contribution in [0.1, 0.15) is 11.4 Å². The van der Waals surface area contributed by atoms with Crippen molar-refractivity contribution in [1.82, 2.24) is 20.0 Å². The van der Waals surface area contributed by atoms with Gasteiger partial charge in [-0.1, -0.05) is 11.6 Å². The first-order valence-electron chi connectivity index (χ1n) is 8.12. The Labute approximate surface area is 175 Å². The molecule has 0 unspecified atom stereocenters. The van der Waals surface area contributed by atoms with E-state index in [0.29, 0.717) is 29.7 Å². The molecule has 0 saturated heterocycles. The molecule has 0 aliphatic rings. The molecule has 0 spiro atoms. The first-order chi connectivity index (χ1) is 13.1. The second-order valence-corrected chi connectivity index (χ2v) is 8.49. The maximum Gasteiger partial charge on any atom is 0.274 e. The monoisotopic (exact) mass is 445 g/mol. The minimum Gasteiger partial charge on any atom is -0.366 e. The molecule has 2 N–H and O–H groups in total. The number of nitrogens with zero attached hydrogens (tertiary/aromatic N) is 3. The number of hydrogen-bond acceptors (Lipinski definition) is 9. The summed E-state index contributed by atoms with van der Waals surface area (Å²) in [6.45, 7) is 1.24. The van der Waals surface area contributed by atoms with Gasteiger partial charge in [0.05, 0.1) is 21.3 Å². The number of halogens is 1. The van der Waals surface area contributed by atoms with Crippen LogP contribution < -0.4 is 10.6 Å². The molecule has 0 amide bonds. The zero-order chi connectivity index (χ0) is 19.3. The standard InChI is InChI=1S/C16H20ClN5O2S3/c17-14-2-1-4-18-15(14)12-26-9-6-20-16(10-22(23)24)19-5-8-25-11-13-3-7-27-21-13/h1-4,7,10,19-20H,5-6,8-9,11-12H2/b16-10+. The molecule has 2 aromatic heterocycles. The van der Waals surface area contributed by atoms with Gasteiger partial charge < -0.3 is 10.6 Å².